The van der Waals surface area contributed by atoms with Gasteiger partial charge in [0.05, 0.1) is 6.10 Å². The summed E-state index contributed by atoms with van der Waals surface area (Å²) < 4.78 is 5.42. The first-order valence-electron chi connectivity index (χ1n) is 4.07. The predicted molar refractivity (Wildman–Crippen MR) is 42.0 cm³/mol. The van der Waals surface area contributed by atoms with Crippen LogP contribution in [0.15, 0.2) is 0 Å². The van der Waals surface area contributed by atoms with Gasteiger partial charge in [0.15, 0.2) is 0 Å². The molecule has 0 saturated heterocycles. The van der Waals surface area contributed by atoms with E-state index in [-0.39, 0.29) is 12.7 Å². The van der Waals surface area contributed by atoms with Crippen LogP contribution < -0.4 is 0 Å². The van der Waals surface area contributed by atoms with E-state index >= 15 is 0 Å². The fourth-order valence-corrected chi connectivity index (χ4v) is 0.834. The third-order valence-electron chi connectivity index (χ3n) is 1.46. The highest BCUT2D eigenvalue weighted by molar-refractivity contribution is 4.53. The van der Waals surface area contributed by atoms with Gasteiger partial charge in [0.1, 0.15) is 0 Å². The van der Waals surface area contributed by atoms with Crippen LogP contribution in [0.2, 0.25) is 0 Å². The van der Waals surface area contributed by atoms with E-state index in [1.54, 1.807) is 0 Å². The van der Waals surface area contributed by atoms with Crippen LogP contribution in [0.25, 0.3) is 0 Å². The van der Waals surface area contributed by atoms with Crippen molar-refractivity contribution in [3.8, 4) is 0 Å². The first kappa shape index (κ1) is 9.92. The lowest BCUT2D eigenvalue weighted by atomic mass is 10.2. The van der Waals surface area contributed by atoms with Crippen molar-refractivity contribution in [2.24, 2.45) is 0 Å². The molecule has 0 fully saturated rings. The van der Waals surface area contributed by atoms with E-state index in [4.69, 9.17) is 9.84 Å². The summed E-state index contributed by atoms with van der Waals surface area (Å²) in [5.74, 6) is 0. The van der Waals surface area contributed by atoms with Gasteiger partial charge in [0, 0.05) is 13.2 Å². The quantitative estimate of drug-likeness (QED) is 0.616. The largest absolute Gasteiger partial charge is 0.396 e. The van der Waals surface area contributed by atoms with E-state index in [2.05, 4.69) is 13.8 Å². The molecule has 62 valence electrons. The third-order valence-corrected chi connectivity index (χ3v) is 1.46. The highest BCUT2D eigenvalue weighted by atomic mass is 16.5. The van der Waals surface area contributed by atoms with Gasteiger partial charge in [-0.25, -0.2) is 0 Å². The van der Waals surface area contributed by atoms with Gasteiger partial charge in [-0.3, -0.25) is 0 Å². The van der Waals surface area contributed by atoms with Crippen LogP contribution in [0.5, 0.6) is 0 Å². The first-order valence-corrected chi connectivity index (χ1v) is 4.07. The van der Waals surface area contributed by atoms with Crippen molar-refractivity contribution >= 4 is 0 Å². The maximum Gasteiger partial charge on any atom is 0.0594 e. The summed E-state index contributed by atoms with van der Waals surface area (Å²) in [6.07, 6.45) is 3.10. The molecule has 0 spiro atoms. The molecule has 0 bridgehead atoms. The Labute approximate surface area is 63.2 Å². The first-order chi connectivity index (χ1) is 4.85. The molecule has 0 aromatic carbocycles. The number of ether oxygens (including phenoxy) is 1. The van der Waals surface area contributed by atoms with Crippen molar-refractivity contribution in [1.82, 2.24) is 0 Å². The monoisotopic (exact) mass is 146 g/mol. The van der Waals surface area contributed by atoms with E-state index in [1.807, 2.05) is 0 Å². The average Bonchev–Trinajstić information content (AvgIpc) is 1.98. The Balaban J connectivity index is 3.21. The van der Waals surface area contributed by atoms with Crippen LogP contribution in [-0.2, 0) is 4.74 Å². The van der Waals surface area contributed by atoms with Crippen LogP contribution in [0.4, 0.5) is 0 Å². The average molecular weight is 146 g/mol. The summed E-state index contributed by atoms with van der Waals surface area (Å²) in [5.41, 5.74) is 0. The van der Waals surface area contributed by atoms with Crippen LogP contribution in [0, 0.1) is 0 Å². The molecule has 2 heteroatoms. The molecule has 0 heterocycles. The number of aliphatic hydroxyl groups is 1. The number of hydrogen-bond donors (Lipinski definition) is 1. The molecule has 0 aliphatic heterocycles. The van der Waals surface area contributed by atoms with Crippen molar-refractivity contribution in [3.63, 3.8) is 0 Å². The number of aliphatic hydroxyl groups excluding tert-OH is 1. The lowest BCUT2D eigenvalue weighted by Crippen LogP contribution is -2.13. The standard InChI is InChI=1S/C8H18O2/c1-3-7-10-8(4-2)5-6-9/h8-9H,3-7H2,1-2H3/t8-/m1/s1. The SMILES string of the molecule is CCCO[C@H](CC)CCO. The van der Waals surface area contributed by atoms with Crippen LogP contribution in [0.1, 0.15) is 33.1 Å². The topological polar surface area (TPSA) is 29.5 Å². The second-order valence-electron chi connectivity index (χ2n) is 2.41. The van der Waals surface area contributed by atoms with E-state index in [1.165, 1.54) is 0 Å². The van der Waals surface area contributed by atoms with Gasteiger partial charge in [-0.2, -0.15) is 0 Å². The molecule has 0 radical (unpaired) electrons. The van der Waals surface area contributed by atoms with Crippen molar-refractivity contribution in [1.29, 1.82) is 0 Å². The maximum absolute atomic E-state index is 8.59. The zero-order chi connectivity index (χ0) is 7.82. The zero-order valence-corrected chi connectivity index (χ0v) is 6.97. The molecule has 0 saturated carbocycles. The minimum atomic E-state index is 0.238. The van der Waals surface area contributed by atoms with Crippen LogP contribution in [-0.4, -0.2) is 24.4 Å². The van der Waals surface area contributed by atoms with E-state index in [0.29, 0.717) is 0 Å². The fourth-order valence-electron chi connectivity index (χ4n) is 0.834. The minimum absolute atomic E-state index is 0.238. The van der Waals surface area contributed by atoms with Crippen LogP contribution >= 0.6 is 0 Å². The molecule has 1 N–H and O–H groups in total. The third kappa shape index (κ3) is 4.77. The van der Waals surface area contributed by atoms with Crippen molar-refractivity contribution in [2.45, 2.75) is 39.2 Å². The minimum Gasteiger partial charge on any atom is -0.396 e. The zero-order valence-electron chi connectivity index (χ0n) is 6.97. The van der Waals surface area contributed by atoms with Gasteiger partial charge in [0.25, 0.3) is 0 Å². The fraction of sp³-hybridized carbons (Fsp3) is 1.00. The number of rotatable bonds is 6. The lowest BCUT2D eigenvalue weighted by molar-refractivity contribution is 0.0338. The molecule has 10 heavy (non-hydrogen) atoms. The predicted octanol–water partition coefficient (Wildman–Crippen LogP) is 1.57. The molecule has 0 rings (SSSR count). The van der Waals surface area contributed by atoms with Crippen molar-refractivity contribution < 1.29 is 9.84 Å². The Bertz CT molecular complexity index is 64.3. The van der Waals surface area contributed by atoms with E-state index in [9.17, 15) is 0 Å². The van der Waals surface area contributed by atoms with Gasteiger partial charge in [-0.1, -0.05) is 13.8 Å². The molecule has 0 aromatic heterocycles. The molecule has 0 amide bonds. The van der Waals surface area contributed by atoms with E-state index in [0.717, 1.165) is 25.9 Å². The smallest absolute Gasteiger partial charge is 0.0594 e. The summed E-state index contributed by atoms with van der Waals surface area (Å²) in [5, 5.41) is 8.59. The molecular weight excluding hydrogens is 128 g/mol. The lowest BCUT2D eigenvalue weighted by Gasteiger charge is -2.13. The van der Waals surface area contributed by atoms with Gasteiger partial charge >= 0.3 is 0 Å². The van der Waals surface area contributed by atoms with Crippen molar-refractivity contribution in [3.05, 3.63) is 0 Å². The number of hydrogen-bond acceptors (Lipinski definition) is 2. The summed E-state index contributed by atoms with van der Waals surface area (Å²) in [6, 6.07) is 0. The van der Waals surface area contributed by atoms with Crippen molar-refractivity contribution in [2.75, 3.05) is 13.2 Å². The highest BCUT2D eigenvalue weighted by Crippen LogP contribution is 2.02. The van der Waals surface area contributed by atoms with Gasteiger partial charge < -0.3 is 9.84 Å². The van der Waals surface area contributed by atoms with Gasteiger partial charge in [0.2, 0.25) is 0 Å². The summed E-state index contributed by atoms with van der Waals surface area (Å²) >= 11 is 0. The Kier molecular flexibility index (Phi) is 6.98. The molecular formula is C8H18O2. The second-order valence-corrected chi connectivity index (χ2v) is 2.41. The Morgan fingerprint density at radius 1 is 1.40 bits per heavy atom. The summed E-state index contributed by atoms with van der Waals surface area (Å²) in [6.45, 7) is 5.22. The molecule has 0 aliphatic rings. The van der Waals surface area contributed by atoms with Gasteiger partial charge in [-0.05, 0) is 19.3 Å². The Morgan fingerprint density at radius 3 is 2.50 bits per heavy atom. The maximum atomic E-state index is 8.59. The second kappa shape index (κ2) is 7.03. The molecule has 0 aromatic rings. The molecule has 2 nitrogen and oxygen atoms in total. The Hall–Kier alpha value is -0.0800. The molecule has 0 aliphatic carbocycles. The Morgan fingerprint density at radius 2 is 2.10 bits per heavy atom. The normalized spacial score (nSPS) is 13.5. The van der Waals surface area contributed by atoms with Gasteiger partial charge in [-0.15, -0.1) is 0 Å². The summed E-state index contributed by atoms with van der Waals surface area (Å²) in [4.78, 5) is 0. The van der Waals surface area contributed by atoms with Crippen LogP contribution in [0.3, 0.4) is 0 Å². The highest BCUT2D eigenvalue weighted by Gasteiger charge is 2.03. The molecule has 1 atom stereocenters. The molecule has 0 unspecified atom stereocenters. The summed E-state index contributed by atoms with van der Waals surface area (Å²) in [7, 11) is 0. The van der Waals surface area contributed by atoms with E-state index < -0.39 is 0 Å².